The van der Waals surface area contributed by atoms with Gasteiger partial charge in [0, 0.05) is 30.8 Å². The minimum absolute atomic E-state index is 0.0503. The predicted molar refractivity (Wildman–Crippen MR) is 144 cm³/mol. The molecule has 8 heteroatoms. The van der Waals surface area contributed by atoms with Gasteiger partial charge in [0.05, 0.1) is 40.1 Å². The molecule has 0 saturated carbocycles. The molecule has 36 heavy (non-hydrogen) atoms. The number of amides is 1. The van der Waals surface area contributed by atoms with Gasteiger partial charge in [0.15, 0.2) is 5.78 Å². The number of para-hydroxylation sites is 2. The van der Waals surface area contributed by atoms with E-state index in [-0.39, 0.29) is 29.8 Å². The first kappa shape index (κ1) is 25.1. The molecule has 0 aromatic heterocycles. The van der Waals surface area contributed by atoms with Crippen molar-refractivity contribution in [3.8, 4) is 0 Å². The Hall–Kier alpha value is -2.54. The van der Waals surface area contributed by atoms with Crippen LogP contribution in [-0.2, 0) is 14.3 Å². The summed E-state index contributed by atoms with van der Waals surface area (Å²) < 4.78 is 5.67. The Labute approximate surface area is 222 Å². The first-order valence-corrected chi connectivity index (χ1v) is 13.2. The maximum absolute atomic E-state index is 13.7. The van der Waals surface area contributed by atoms with Gasteiger partial charge < -0.3 is 20.3 Å². The average molecular weight is 528 g/mol. The van der Waals surface area contributed by atoms with Crippen molar-refractivity contribution in [2.24, 2.45) is 5.41 Å². The highest BCUT2D eigenvalue weighted by Gasteiger charge is 2.42. The van der Waals surface area contributed by atoms with E-state index in [1.54, 1.807) is 12.1 Å². The number of carbonyl (C=O) groups is 2. The summed E-state index contributed by atoms with van der Waals surface area (Å²) in [5.41, 5.74) is 3.92. The van der Waals surface area contributed by atoms with Gasteiger partial charge in [-0.2, -0.15) is 0 Å². The average Bonchev–Trinajstić information content (AvgIpc) is 3.30. The number of fused-ring (bicyclic) bond motifs is 1. The highest BCUT2D eigenvalue weighted by Crippen LogP contribution is 2.48. The molecule has 3 aliphatic rings. The first-order chi connectivity index (χ1) is 17.2. The lowest BCUT2D eigenvalue weighted by molar-refractivity contribution is -0.121. The minimum Gasteiger partial charge on any atom is -0.376 e. The van der Waals surface area contributed by atoms with E-state index in [1.165, 1.54) is 0 Å². The molecule has 0 radical (unpaired) electrons. The summed E-state index contributed by atoms with van der Waals surface area (Å²) in [6, 6.07) is 12.8. The molecular formula is C28H31Cl2N3O3. The zero-order chi connectivity index (χ0) is 25.4. The van der Waals surface area contributed by atoms with Crippen molar-refractivity contribution in [3.05, 3.63) is 69.3 Å². The zero-order valence-corrected chi connectivity index (χ0v) is 22.1. The van der Waals surface area contributed by atoms with Crippen molar-refractivity contribution in [2.75, 3.05) is 29.9 Å². The van der Waals surface area contributed by atoms with Crippen LogP contribution < -0.4 is 15.5 Å². The van der Waals surface area contributed by atoms with Gasteiger partial charge in [0.1, 0.15) is 0 Å². The largest absolute Gasteiger partial charge is 0.376 e. The predicted octanol–water partition coefficient (Wildman–Crippen LogP) is 5.91. The van der Waals surface area contributed by atoms with Gasteiger partial charge in [-0.25, -0.2) is 0 Å². The first-order valence-electron chi connectivity index (χ1n) is 12.4. The molecule has 0 bridgehead atoms. The molecule has 2 heterocycles. The standard InChI is InChI=1S/C28H31Cl2N3O3/c1-28(2)13-22-26(24(34)14-28)27(17-9-10-19(29)20(30)12-17)33(23-8-4-3-7-21(23)32-22)16-25(35)31-15-18-6-5-11-36-18/h3-4,7-10,12,18,27,32H,5-6,11,13-16H2,1-2H3,(H,31,35). The fourth-order valence-corrected chi connectivity index (χ4v) is 5.81. The quantitative estimate of drug-likeness (QED) is 0.506. The summed E-state index contributed by atoms with van der Waals surface area (Å²) in [7, 11) is 0. The van der Waals surface area contributed by atoms with Crippen molar-refractivity contribution in [2.45, 2.75) is 51.7 Å². The number of anilines is 2. The molecule has 2 aromatic rings. The summed E-state index contributed by atoms with van der Waals surface area (Å²) in [5, 5.41) is 7.45. The van der Waals surface area contributed by atoms with E-state index in [0.29, 0.717) is 28.6 Å². The topological polar surface area (TPSA) is 70.7 Å². The second-order valence-corrected chi connectivity index (χ2v) is 11.4. The lowest BCUT2D eigenvalue weighted by Crippen LogP contribution is -2.43. The van der Waals surface area contributed by atoms with Crippen molar-refractivity contribution in [1.82, 2.24) is 5.32 Å². The Kier molecular flexibility index (Phi) is 7.03. The monoisotopic (exact) mass is 527 g/mol. The van der Waals surface area contributed by atoms with E-state index in [2.05, 4.69) is 24.5 Å². The molecular weight excluding hydrogens is 497 g/mol. The van der Waals surface area contributed by atoms with Crippen LogP contribution in [0.4, 0.5) is 11.4 Å². The SMILES string of the molecule is CC1(C)CC(=O)C2=C(C1)Nc1ccccc1N(CC(=O)NCC1CCCO1)C2c1ccc(Cl)c(Cl)c1. The normalized spacial score (nSPS) is 23.0. The highest BCUT2D eigenvalue weighted by molar-refractivity contribution is 6.42. The molecule has 2 aliphatic heterocycles. The van der Waals surface area contributed by atoms with Crippen LogP contribution >= 0.6 is 23.2 Å². The van der Waals surface area contributed by atoms with Crippen LogP contribution in [0.3, 0.4) is 0 Å². The summed E-state index contributed by atoms with van der Waals surface area (Å²) in [6.07, 6.45) is 3.17. The van der Waals surface area contributed by atoms with Gasteiger partial charge in [-0.15, -0.1) is 0 Å². The lowest BCUT2D eigenvalue weighted by Gasteiger charge is -2.38. The number of hydrogen-bond donors (Lipinski definition) is 2. The number of nitrogens with one attached hydrogen (secondary N) is 2. The Morgan fingerprint density at radius 2 is 1.97 bits per heavy atom. The van der Waals surface area contributed by atoms with E-state index in [0.717, 1.165) is 48.5 Å². The number of halogens is 2. The second kappa shape index (κ2) is 10.1. The molecule has 190 valence electrons. The van der Waals surface area contributed by atoms with Crippen molar-refractivity contribution < 1.29 is 14.3 Å². The number of ketones is 1. The van der Waals surface area contributed by atoms with Crippen LogP contribution in [-0.4, -0.2) is 37.5 Å². The third kappa shape index (κ3) is 5.13. The number of benzene rings is 2. The van der Waals surface area contributed by atoms with Crippen LogP contribution in [0.5, 0.6) is 0 Å². The van der Waals surface area contributed by atoms with Crippen LogP contribution in [0.15, 0.2) is 53.7 Å². The molecule has 1 saturated heterocycles. The Balaban J connectivity index is 1.59. The van der Waals surface area contributed by atoms with E-state index in [9.17, 15) is 9.59 Å². The Morgan fingerprint density at radius 1 is 1.17 bits per heavy atom. The Bertz CT molecular complexity index is 1220. The number of allylic oxidation sites excluding steroid dienone is 1. The number of nitrogens with zero attached hydrogens (tertiary/aromatic N) is 1. The van der Waals surface area contributed by atoms with Gasteiger partial charge in [0.25, 0.3) is 0 Å². The van der Waals surface area contributed by atoms with Gasteiger partial charge in [-0.3, -0.25) is 9.59 Å². The maximum atomic E-state index is 13.7. The summed E-state index contributed by atoms with van der Waals surface area (Å²) in [5.74, 6) is -0.0552. The van der Waals surface area contributed by atoms with E-state index < -0.39 is 6.04 Å². The van der Waals surface area contributed by atoms with Crippen molar-refractivity contribution >= 4 is 46.3 Å². The highest BCUT2D eigenvalue weighted by atomic mass is 35.5. The second-order valence-electron chi connectivity index (χ2n) is 10.6. The molecule has 1 fully saturated rings. The number of Topliss-reactive ketones (excluding diaryl/α,β-unsaturated/α-hetero) is 1. The fraction of sp³-hybridized carbons (Fsp3) is 0.429. The van der Waals surface area contributed by atoms with Crippen LogP contribution in [0, 0.1) is 5.41 Å². The summed E-state index contributed by atoms with van der Waals surface area (Å²) >= 11 is 12.7. The molecule has 5 rings (SSSR count). The van der Waals surface area contributed by atoms with Gasteiger partial charge in [0.2, 0.25) is 5.91 Å². The van der Waals surface area contributed by atoms with Crippen LogP contribution in [0.25, 0.3) is 0 Å². The third-order valence-corrected chi connectivity index (χ3v) is 7.87. The number of rotatable bonds is 5. The molecule has 0 spiro atoms. The van der Waals surface area contributed by atoms with E-state index in [1.807, 2.05) is 35.2 Å². The minimum atomic E-state index is -0.497. The zero-order valence-electron chi connectivity index (χ0n) is 20.6. The molecule has 2 unspecified atom stereocenters. The van der Waals surface area contributed by atoms with Crippen molar-refractivity contribution in [3.63, 3.8) is 0 Å². The number of hydrogen-bond acceptors (Lipinski definition) is 5. The molecule has 2 aromatic carbocycles. The van der Waals surface area contributed by atoms with E-state index in [4.69, 9.17) is 27.9 Å². The van der Waals surface area contributed by atoms with Gasteiger partial charge in [-0.05, 0) is 54.5 Å². The van der Waals surface area contributed by atoms with Crippen LogP contribution in [0.2, 0.25) is 10.0 Å². The fourth-order valence-electron chi connectivity index (χ4n) is 5.50. The molecule has 1 aliphatic carbocycles. The number of carbonyl (C=O) groups excluding carboxylic acids is 2. The van der Waals surface area contributed by atoms with Crippen LogP contribution in [0.1, 0.15) is 51.1 Å². The summed E-state index contributed by atoms with van der Waals surface area (Å²) in [6.45, 7) is 5.50. The van der Waals surface area contributed by atoms with Gasteiger partial charge >= 0.3 is 0 Å². The number of ether oxygens (including phenoxy) is 1. The lowest BCUT2D eigenvalue weighted by atomic mass is 9.73. The molecule has 2 atom stereocenters. The van der Waals surface area contributed by atoms with Gasteiger partial charge in [-0.1, -0.05) is 55.2 Å². The van der Waals surface area contributed by atoms with E-state index >= 15 is 0 Å². The molecule has 2 N–H and O–H groups in total. The molecule has 6 nitrogen and oxygen atoms in total. The Morgan fingerprint density at radius 3 is 2.72 bits per heavy atom. The summed E-state index contributed by atoms with van der Waals surface area (Å²) in [4.78, 5) is 29.0. The van der Waals surface area contributed by atoms with Crippen molar-refractivity contribution in [1.29, 1.82) is 0 Å². The maximum Gasteiger partial charge on any atom is 0.239 e. The third-order valence-electron chi connectivity index (χ3n) is 7.13. The molecule has 1 amide bonds. The smallest absolute Gasteiger partial charge is 0.239 e.